The number of benzene rings is 1. The first-order valence-corrected chi connectivity index (χ1v) is 4.31. The zero-order valence-electron chi connectivity index (χ0n) is 8.81. The molecule has 86 valence electrons. The molecule has 0 bridgehead atoms. The summed E-state index contributed by atoms with van der Waals surface area (Å²) < 4.78 is 9.83. The van der Waals surface area contributed by atoms with E-state index in [-0.39, 0.29) is 22.6 Å². The van der Waals surface area contributed by atoms with E-state index in [1.54, 1.807) is 0 Å². The van der Waals surface area contributed by atoms with Crippen LogP contribution in [0, 0.1) is 0 Å². The second-order valence-corrected chi connectivity index (χ2v) is 2.89. The number of rotatable bonds is 4. The Morgan fingerprint density at radius 3 is 2.25 bits per heavy atom. The zero-order valence-corrected chi connectivity index (χ0v) is 8.81. The van der Waals surface area contributed by atoms with Crippen molar-refractivity contribution in [2.24, 2.45) is 5.73 Å². The first kappa shape index (κ1) is 11.8. The van der Waals surface area contributed by atoms with Gasteiger partial charge in [-0.3, -0.25) is 4.79 Å². The van der Waals surface area contributed by atoms with Crippen molar-refractivity contribution in [2.45, 2.75) is 0 Å². The van der Waals surface area contributed by atoms with Gasteiger partial charge < -0.3 is 20.3 Å². The van der Waals surface area contributed by atoms with E-state index in [4.69, 9.17) is 20.3 Å². The molecular formula is C10H11NO5. The number of amides is 1. The minimum Gasteiger partial charge on any atom is -0.493 e. The monoisotopic (exact) mass is 225 g/mol. The molecule has 1 amide bonds. The van der Waals surface area contributed by atoms with E-state index in [1.807, 2.05) is 0 Å². The quantitative estimate of drug-likeness (QED) is 0.777. The van der Waals surface area contributed by atoms with Crippen LogP contribution in [0.4, 0.5) is 0 Å². The van der Waals surface area contributed by atoms with E-state index in [1.165, 1.54) is 26.4 Å². The minimum absolute atomic E-state index is 0.0219. The highest BCUT2D eigenvalue weighted by atomic mass is 16.5. The average Bonchev–Trinajstić information content (AvgIpc) is 2.26. The second-order valence-electron chi connectivity index (χ2n) is 2.89. The van der Waals surface area contributed by atoms with Crippen LogP contribution >= 0.6 is 0 Å². The molecule has 16 heavy (non-hydrogen) atoms. The van der Waals surface area contributed by atoms with Crippen molar-refractivity contribution in [2.75, 3.05) is 14.2 Å². The van der Waals surface area contributed by atoms with E-state index in [9.17, 15) is 9.59 Å². The molecule has 0 aliphatic heterocycles. The third-order valence-corrected chi connectivity index (χ3v) is 2.02. The SMILES string of the molecule is COc1ccc(C(N)=O)c(C(=O)O)c1OC. The maximum Gasteiger partial charge on any atom is 0.340 e. The highest BCUT2D eigenvalue weighted by Gasteiger charge is 2.23. The fraction of sp³-hybridized carbons (Fsp3) is 0.200. The number of primary amides is 1. The van der Waals surface area contributed by atoms with Gasteiger partial charge in [0.05, 0.1) is 19.8 Å². The highest BCUT2D eigenvalue weighted by molar-refractivity contribution is 6.06. The fourth-order valence-electron chi connectivity index (χ4n) is 1.34. The van der Waals surface area contributed by atoms with Crippen molar-refractivity contribution in [3.05, 3.63) is 23.3 Å². The molecule has 0 heterocycles. The Morgan fingerprint density at radius 2 is 1.88 bits per heavy atom. The highest BCUT2D eigenvalue weighted by Crippen LogP contribution is 2.33. The number of methoxy groups -OCH3 is 2. The van der Waals surface area contributed by atoms with E-state index in [2.05, 4.69) is 0 Å². The minimum atomic E-state index is -1.30. The maximum absolute atomic E-state index is 11.1. The molecule has 3 N–H and O–H groups in total. The second kappa shape index (κ2) is 4.52. The van der Waals surface area contributed by atoms with Gasteiger partial charge in [0.25, 0.3) is 0 Å². The summed E-state index contributed by atoms with van der Waals surface area (Å²) in [5.41, 5.74) is 4.65. The van der Waals surface area contributed by atoms with Crippen molar-refractivity contribution in [1.82, 2.24) is 0 Å². The van der Waals surface area contributed by atoms with Crippen LogP contribution in [0.2, 0.25) is 0 Å². The number of ether oxygens (including phenoxy) is 2. The molecule has 0 fully saturated rings. The molecule has 0 saturated heterocycles. The molecular weight excluding hydrogens is 214 g/mol. The lowest BCUT2D eigenvalue weighted by atomic mass is 10.1. The molecule has 0 atom stereocenters. The summed E-state index contributed by atoms with van der Waals surface area (Å²) in [6, 6.07) is 2.71. The van der Waals surface area contributed by atoms with Gasteiger partial charge in [0.15, 0.2) is 11.5 Å². The van der Waals surface area contributed by atoms with Gasteiger partial charge in [-0.1, -0.05) is 0 Å². The number of carbonyl (C=O) groups is 2. The number of carboxylic acids is 1. The van der Waals surface area contributed by atoms with Gasteiger partial charge in [-0.25, -0.2) is 4.79 Å². The summed E-state index contributed by atoms with van der Waals surface area (Å²) in [7, 11) is 2.66. The normalized spacial score (nSPS) is 9.62. The average molecular weight is 225 g/mol. The number of nitrogens with two attached hydrogens (primary N) is 1. The Hall–Kier alpha value is -2.24. The molecule has 0 radical (unpaired) electrons. The first-order valence-electron chi connectivity index (χ1n) is 4.31. The molecule has 0 saturated carbocycles. The van der Waals surface area contributed by atoms with Gasteiger partial charge in [-0.2, -0.15) is 0 Å². The van der Waals surface area contributed by atoms with Gasteiger partial charge >= 0.3 is 5.97 Å². The molecule has 1 aromatic carbocycles. The molecule has 0 aliphatic carbocycles. The van der Waals surface area contributed by atoms with Crippen molar-refractivity contribution >= 4 is 11.9 Å². The van der Waals surface area contributed by atoms with Gasteiger partial charge in [0.1, 0.15) is 5.56 Å². The van der Waals surface area contributed by atoms with E-state index < -0.39 is 11.9 Å². The van der Waals surface area contributed by atoms with Gasteiger partial charge in [-0.15, -0.1) is 0 Å². The lowest BCUT2D eigenvalue weighted by molar-refractivity contribution is 0.0687. The fourth-order valence-corrected chi connectivity index (χ4v) is 1.34. The Balaban J connectivity index is 3.56. The molecule has 6 heteroatoms. The summed E-state index contributed by atoms with van der Waals surface area (Å²) in [6.45, 7) is 0. The lowest BCUT2D eigenvalue weighted by Crippen LogP contribution is -2.17. The van der Waals surface area contributed by atoms with Gasteiger partial charge in [0.2, 0.25) is 5.91 Å². The number of hydrogen-bond acceptors (Lipinski definition) is 4. The summed E-state index contributed by atoms with van der Waals surface area (Å²) in [5, 5.41) is 9.00. The van der Waals surface area contributed by atoms with Crippen LogP contribution in [0.3, 0.4) is 0 Å². The third-order valence-electron chi connectivity index (χ3n) is 2.02. The Kier molecular flexibility index (Phi) is 3.34. The third kappa shape index (κ3) is 1.90. The van der Waals surface area contributed by atoms with Crippen molar-refractivity contribution < 1.29 is 24.2 Å². The number of aromatic carboxylic acids is 1. The van der Waals surface area contributed by atoms with E-state index in [0.717, 1.165) is 0 Å². The molecule has 1 rings (SSSR count). The van der Waals surface area contributed by atoms with Crippen molar-refractivity contribution in [3.8, 4) is 11.5 Å². The smallest absolute Gasteiger partial charge is 0.340 e. The first-order chi connectivity index (χ1) is 7.52. The zero-order chi connectivity index (χ0) is 12.3. The van der Waals surface area contributed by atoms with Crippen LogP contribution in [0.5, 0.6) is 11.5 Å². The molecule has 1 aromatic rings. The largest absolute Gasteiger partial charge is 0.493 e. The van der Waals surface area contributed by atoms with Crippen LogP contribution in [0.1, 0.15) is 20.7 Å². The summed E-state index contributed by atoms with van der Waals surface area (Å²) in [6.07, 6.45) is 0. The standard InChI is InChI=1S/C10H11NO5/c1-15-6-4-3-5(9(11)12)7(10(13)14)8(6)16-2/h3-4H,1-2H3,(H2,11,12)(H,13,14). The molecule has 0 spiro atoms. The van der Waals surface area contributed by atoms with Crippen LogP contribution in [0.15, 0.2) is 12.1 Å². The van der Waals surface area contributed by atoms with Crippen LogP contribution in [-0.4, -0.2) is 31.2 Å². The van der Waals surface area contributed by atoms with Gasteiger partial charge in [0, 0.05) is 0 Å². The number of hydrogen-bond donors (Lipinski definition) is 2. The molecule has 0 aliphatic rings. The molecule has 6 nitrogen and oxygen atoms in total. The predicted octanol–water partition coefficient (Wildman–Crippen LogP) is 0.501. The number of carboxylic acid groups (broad SMARTS) is 1. The molecule has 0 aromatic heterocycles. The van der Waals surface area contributed by atoms with Gasteiger partial charge in [-0.05, 0) is 12.1 Å². The van der Waals surface area contributed by atoms with E-state index >= 15 is 0 Å². The number of carbonyl (C=O) groups excluding carboxylic acids is 1. The lowest BCUT2D eigenvalue weighted by Gasteiger charge is -2.12. The Morgan fingerprint density at radius 1 is 1.25 bits per heavy atom. The van der Waals surface area contributed by atoms with Crippen molar-refractivity contribution in [1.29, 1.82) is 0 Å². The van der Waals surface area contributed by atoms with Crippen molar-refractivity contribution in [3.63, 3.8) is 0 Å². The molecule has 0 unspecified atom stereocenters. The summed E-state index contributed by atoms with van der Waals surface area (Å²) >= 11 is 0. The topological polar surface area (TPSA) is 98.9 Å². The maximum atomic E-state index is 11.1. The Bertz CT molecular complexity index is 441. The van der Waals surface area contributed by atoms with Crippen LogP contribution in [-0.2, 0) is 0 Å². The summed E-state index contributed by atoms with van der Waals surface area (Å²) in [5.74, 6) is -1.93. The van der Waals surface area contributed by atoms with Crippen LogP contribution in [0.25, 0.3) is 0 Å². The Labute approximate surface area is 91.6 Å². The van der Waals surface area contributed by atoms with Crippen LogP contribution < -0.4 is 15.2 Å². The van der Waals surface area contributed by atoms with E-state index in [0.29, 0.717) is 0 Å². The predicted molar refractivity (Wildman–Crippen MR) is 55.0 cm³/mol. The summed E-state index contributed by atoms with van der Waals surface area (Å²) in [4.78, 5) is 22.1.